The molecule has 0 aromatic heterocycles. The van der Waals surface area contributed by atoms with Gasteiger partial charge in [0.2, 0.25) is 0 Å². The van der Waals surface area contributed by atoms with Crippen LogP contribution in [0.25, 0.3) is 0 Å². The molecule has 1 saturated carbocycles. The van der Waals surface area contributed by atoms with Crippen molar-refractivity contribution in [1.82, 2.24) is 4.90 Å². The van der Waals surface area contributed by atoms with Gasteiger partial charge in [0, 0.05) is 25.9 Å². The van der Waals surface area contributed by atoms with E-state index in [1.54, 1.807) is 0 Å². The van der Waals surface area contributed by atoms with Crippen LogP contribution in [0.1, 0.15) is 77.0 Å². The molecule has 2 heteroatoms. The zero-order chi connectivity index (χ0) is 15.8. The lowest BCUT2D eigenvalue weighted by atomic mass is 9.90. The molecule has 0 radical (unpaired) electrons. The highest BCUT2D eigenvalue weighted by atomic mass is 16.5. The van der Waals surface area contributed by atoms with E-state index in [0.717, 1.165) is 5.75 Å². The first-order valence-corrected chi connectivity index (χ1v) is 9.88. The summed E-state index contributed by atoms with van der Waals surface area (Å²) in [6.07, 6.45) is 16.0. The standard InChI is InChI=1S/C21H33NO/c1-3-10-16-21(17-11-4-1,23-20-14-8-7-9-15-20)22-18-12-5-2-6-13-19-22/h7-9,14-15H,1-6,10-13,16-19H2. The van der Waals surface area contributed by atoms with Crippen LogP contribution in [0.3, 0.4) is 0 Å². The van der Waals surface area contributed by atoms with Crippen LogP contribution in [0.5, 0.6) is 5.75 Å². The van der Waals surface area contributed by atoms with Crippen LogP contribution in [0.2, 0.25) is 0 Å². The Morgan fingerprint density at radius 3 is 1.78 bits per heavy atom. The number of benzene rings is 1. The van der Waals surface area contributed by atoms with E-state index in [2.05, 4.69) is 35.2 Å². The molecule has 1 aliphatic carbocycles. The molecule has 0 spiro atoms. The SMILES string of the molecule is c1ccc(OC2(N3CCCCCCC3)CCCCCCC2)cc1. The van der Waals surface area contributed by atoms with Crippen molar-refractivity contribution in [2.75, 3.05) is 13.1 Å². The molecule has 0 amide bonds. The van der Waals surface area contributed by atoms with Crippen molar-refractivity contribution < 1.29 is 4.74 Å². The lowest BCUT2D eigenvalue weighted by Gasteiger charge is -2.45. The molecule has 128 valence electrons. The highest BCUT2D eigenvalue weighted by molar-refractivity contribution is 5.22. The third-order valence-electron chi connectivity index (χ3n) is 5.62. The quantitative estimate of drug-likeness (QED) is 0.702. The summed E-state index contributed by atoms with van der Waals surface area (Å²) in [6, 6.07) is 10.5. The minimum Gasteiger partial charge on any atom is -0.473 e. The van der Waals surface area contributed by atoms with E-state index in [1.165, 1.54) is 90.1 Å². The molecule has 1 heterocycles. The Balaban J connectivity index is 1.80. The van der Waals surface area contributed by atoms with Gasteiger partial charge < -0.3 is 4.74 Å². The number of nitrogens with zero attached hydrogens (tertiary/aromatic N) is 1. The predicted molar refractivity (Wildman–Crippen MR) is 96.8 cm³/mol. The average Bonchev–Trinajstić information content (AvgIpc) is 2.51. The fourth-order valence-corrected chi connectivity index (χ4v) is 4.30. The van der Waals surface area contributed by atoms with E-state index in [4.69, 9.17) is 4.74 Å². The van der Waals surface area contributed by atoms with Crippen molar-refractivity contribution in [3.8, 4) is 5.75 Å². The first kappa shape index (κ1) is 16.8. The average molecular weight is 316 g/mol. The fourth-order valence-electron chi connectivity index (χ4n) is 4.30. The Morgan fingerprint density at radius 1 is 0.652 bits per heavy atom. The van der Waals surface area contributed by atoms with Gasteiger partial charge in [0.25, 0.3) is 0 Å². The third kappa shape index (κ3) is 4.73. The molecule has 1 saturated heterocycles. The minimum atomic E-state index is -0.0564. The summed E-state index contributed by atoms with van der Waals surface area (Å²) in [7, 11) is 0. The monoisotopic (exact) mass is 315 g/mol. The van der Waals surface area contributed by atoms with E-state index in [-0.39, 0.29) is 5.72 Å². The van der Waals surface area contributed by atoms with Crippen LogP contribution in [0, 0.1) is 0 Å². The number of likely N-dealkylation sites (tertiary alicyclic amines) is 1. The van der Waals surface area contributed by atoms with Crippen LogP contribution >= 0.6 is 0 Å². The number of hydrogen-bond donors (Lipinski definition) is 0. The largest absolute Gasteiger partial charge is 0.473 e. The van der Waals surface area contributed by atoms with Crippen molar-refractivity contribution in [3.63, 3.8) is 0 Å². The molecule has 2 nitrogen and oxygen atoms in total. The Labute approximate surface area is 142 Å². The molecule has 2 aliphatic rings. The second-order valence-corrected chi connectivity index (χ2v) is 7.38. The zero-order valence-corrected chi connectivity index (χ0v) is 14.6. The van der Waals surface area contributed by atoms with Gasteiger partial charge in [-0.15, -0.1) is 0 Å². The molecule has 0 atom stereocenters. The highest BCUT2D eigenvalue weighted by Crippen LogP contribution is 2.35. The molecule has 0 N–H and O–H groups in total. The van der Waals surface area contributed by atoms with Gasteiger partial charge in [-0.2, -0.15) is 0 Å². The van der Waals surface area contributed by atoms with E-state index < -0.39 is 0 Å². The van der Waals surface area contributed by atoms with Gasteiger partial charge >= 0.3 is 0 Å². The molecule has 3 rings (SSSR count). The lowest BCUT2D eigenvalue weighted by molar-refractivity contribution is -0.106. The number of hydrogen-bond acceptors (Lipinski definition) is 2. The van der Waals surface area contributed by atoms with Gasteiger partial charge in [-0.3, -0.25) is 4.90 Å². The maximum atomic E-state index is 6.74. The molecule has 0 bridgehead atoms. The first-order valence-electron chi connectivity index (χ1n) is 9.88. The van der Waals surface area contributed by atoms with E-state index in [0.29, 0.717) is 0 Å². The maximum absolute atomic E-state index is 6.74. The van der Waals surface area contributed by atoms with Gasteiger partial charge in [-0.05, 0) is 37.8 Å². The van der Waals surface area contributed by atoms with Gasteiger partial charge in [-0.25, -0.2) is 0 Å². The van der Waals surface area contributed by atoms with Gasteiger partial charge in [-0.1, -0.05) is 56.7 Å². The number of rotatable bonds is 3. The maximum Gasteiger partial charge on any atom is 0.163 e. The molecular formula is C21H33NO. The van der Waals surface area contributed by atoms with E-state index >= 15 is 0 Å². The summed E-state index contributed by atoms with van der Waals surface area (Å²) < 4.78 is 6.74. The Hall–Kier alpha value is -1.02. The van der Waals surface area contributed by atoms with Gasteiger partial charge in [0.15, 0.2) is 5.72 Å². The summed E-state index contributed by atoms with van der Waals surface area (Å²) in [6.45, 7) is 2.43. The van der Waals surface area contributed by atoms with Crippen molar-refractivity contribution in [3.05, 3.63) is 30.3 Å². The minimum absolute atomic E-state index is 0.0564. The molecule has 23 heavy (non-hydrogen) atoms. The normalized spacial score (nSPS) is 24.0. The Kier molecular flexibility index (Phi) is 6.38. The highest BCUT2D eigenvalue weighted by Gasteiger charge is 2.38. The summed E-state index contributed by atoms with van der Waals surface area (Å²) in [5.41, 5.74) is -0.0564. The van der Waals surface area contributed by atoms with Crippen LogP contribution in [-0.2, 0) is 0 Å². The molecule has 1 aromatic carbocycles. The smallest absolute Gasteiger partial charge is 0.163 e. The Bertz CT molecular complexity index is 428. The first-order chi connectivity index (χ1) is 11.4. The van der Waals surface area contributed by atoms with Crippen molar-refractivity contribution in [2.45, 2.75) is 82.8 Å². The van der Waals surface area contributed by atoms with Crippen LogP contribution < -0.4 is 4.74 Å². The second kappa shape index (κ2) is 8.73. The van der Waals surface area contributed by atoms with Crippen LogP contribution in [-0.4, -0.2) is 23.7 Å². The lowest BCUT2D eigenvalue weighted by Crippen LogP contribution is -2.54. The van der Waals surface area contributed by atoms with Gasteiger partial charge in [0.05, 0.1) is 0 Å². The molecule has 1 aromatic rings. The molecular weight excluding hydrogens is 282 g/mol. The third-order valence-corrected chi connectivity index (χ3v) is 5.62. The summed E-state index contributed by atoms with van der Waals surface area (Å²) in [5, 5.41) is 0. The fraction of sp³-hybridized carbons (Fsp3) is 0.714. The van der Waals surface area contributed by atoms with Crippen molar-refractivity contribution in [1.29, 1.82) is 0 Å². The van der Waals surface area contributed by atoms with Crippen molar-refractivity contribution in [2.24, 2.45) is 0 Å². The van der Waals surface area contributed by atoms with E-state index in [9.17, 15) is 0 Å². The summed E-state index contributed by atoms with van der Waals surface area (Å²) >= 11 is 0. The summed E-state index contributed by atoms with van der Waals surface area (Å²) in [4.78, 5) is 2.71. The van der Waals surface area contributed by atoms with Crippen LogP contribution in [0.15, 0.2) is 30.3 Å². The number of ether oxygens (including phenoxy) is 1. The zero-order valence-electron chi connectivity index (χ0n) is 14.6. The van der Waals surface area contributed by atoms with Crippen molar-refractivity contribution >= 4 is 0 Å². The van der Waals surface area contributed by atoms with Crippen LogP contribution in [0.4, 0.5) is 0 Å². The molecule has 1 aliphatic heterocycles. The second-order valence-electron chi connectivity index (χ2n) is 7.38. The number of para-hydroxylation sites is 1. The Morgan fingerprint density at radius 2 is 1.17 bits per heavy atom. The van der Waals surface area contributed by atoms with E-state index in [1.807, 2.05) is 0 Å². The van der Waals surface area contributed by atoms with Gasteiger partial charge in [0.1, 0.15) is 5.75 Å². The molecule has 2 fully saturated rings. The molecule has 0 unspecified atom stereocenters. The summed E-state index contributed by atoms with van der Waals surface area (Å²) in [5.74, 6) is 1.05. The topological polar surface area (TPSA) is 12.5 Å². The predicted octanol–water partition coefficient (Wildman–Crippen LogP) is 5.77.